The Morgan fingerprint density at radius 2 is 2.71 bits per heavy atom. The number of aromatic nitrogens is 2. The van der Waals surface area contributed by atoms with Gasteiger partial charge in [-0.15, -0.1) is 0 Å². The molecule has 36 valence electrons. The maximum Gasteiger partial charge on any atom is 0.0778 e. The minimum Gasteiger partial charge on any atom is -0.377 e. The SMILES string of the molecule is c1n[nH]c2c1NC2. The summed E-state index contributed by atoms with van der Waals surface area (Å²) in [6.07, 6.45) is 1.79. The smallest absolute Gasteiger partial charge is 0.0778 e. The van der Waals surface area contributed by atoms with E-state index in [1.54, 1.807) is 6.20 Å². The summed E-state index contributed by atoms with van der Waals surface area (Å²) < 4.78 is 0. The molecular weight excluding hydrogens is 90.1 g/mol. The summed E-state index contributed by atoms with van der Waals surface area (Å²) in [4.78, 5) is 0. The monoisotopic (exact) mass is 95.0 g/mol. The summed E-state index contributed by atoms with van der Waals surface area (Å²) in [5.74, 6) is 0. The molecule has 0 radical (unpaired) electrons. The largest absolute Gasteiger partial charge is 0.377 e. The second-order valence-electron chi connectivity index (χ2n) is 1.62. The Balaban J connectivity index is 2.69. The number of nitrogens with zero attached hydrogens (tertiary/aromatic N) is 1. The van der Waals surface area contributed by atoms with Crippen molar-refractivity contribution in [2.75, 3.05) is 5.32 Å². The minimum atomic E-state index is 0.954. The van der Waals surface area contributed by atoms with E-state index in [1.807, 2.05) is 0 Å². The van der Waals surface area contributed by atoms with Crippen LogP contribution in [0, 0.1) is 0 Å². The molecule has 1 aromatic heterocycles. The molecule has 0 saturated heterocycles. The van der Waals surface area contributed by atoms with E-state index >= 15 is 0 Å². The second-order valence-corrected chi connectivity index (χ2v) is 1.62. The molecule has 2 heterocycles. The lowest BCUT2D eigenvalue weighted by molar-refractivity contribution is 0.946. The van der Waals surface area contributed by atoms with Gasteiger partial charge in [-0.25, -0.2) is 0 Å². The van der Waals surface area contributed by atoms with Crippen LogP contribution in [-0.2, 0) is 6.54 Å². The molecule has 1 aliphatic heterocycles. The Morgan fingerprint density at radius 3 is 3.00 bits per heavy atom. The average Bonchev–Trinajstić information content (AvgIpc) is 1.85. The average molecular weight is 95.1 g/mol. The Kier molecular flexibility index (Phi) is 0.353. The maximum absolute atomic E-state index is 3.80. The van der Waals surface area contributed by atoms with Gasteiger partial charge in [-0.05, 0) is 0 Å². The Labute approximate surface area is 40.7 Å². The molecule has 0 saturated carbocycles. The van der Waals surface area contributed by atoms with Crippen molar-refractivity contribution in [3.63, 3.8) is 0 Å². The van der Waals surface area contributed by atoms with Crippen LogP contribution in [0.2, 0.25) is 0 Å². The number of anilines is 1. The topological polar surface area (TPSA) is 40.7 Å². The quantitative estimate of drug-likeness (QED) is 0.487. The van der Waals surface area contributed by atoms with Crippen LogP contribution in [0.4, 0.5) is 5.69 Å². The van der Waals surface area contributed by atoms with Gasteiger partial charge in [0.15, 0.2) is 0 Å². The van der Waals surface area contributed by atoms with Gasteiger partial charge in [0.05, 0.1) is 24.1 Å². The van der Waals surface area contributed by atoms with Gasteiger partial charge in [0.25, 0.3) is 0 Å². The number of fused-ring (bicyclic) bond motifs is 1. The molecule has 0 aliphatic carbocycles. The molecule has 2 rings (SSSR count). The number of hydrogen-bond acceptors (Lipinski definition) is 2. The first-order valence-electron chi connectivity index (χ1n) is 2.23. The van der Waals surface area contributed by atoms with E-state index in [9.17, 15) is 0 Å². The highest BCUT2D eigenvalue weighted by Crippen LogP contribution is 2.20. The lowest BCUT2D eigenvalue weighted by Gasteiger charge is -2.12. The molecule has 0 fully saturated rings. The zero-order valence-electron chi connectivity index (χ0n) is 3.73. The molecule has 2 N–H and O–H groups in total. The fraction of sp³-hybridized carbons (Fsp3) is 0.250. The van der Waals surface area contributed by atoms with E-state index in [0.29, 0.717) is 0 Å². The van der Waals surface area contributed by atoms with Crippen LogP contribution < -0.4 is 5.32 Å². The standard InChI is InChI=1S/C4H5N3/c1-4-3(5-1)2-6-7-4/h2,5H,1H2,(H,6,7). The number of nitrogens with one attached hydrogen (secondary N) is 2. The lowest BCUT2D eigenvalue weighted by Crippen LogP contribution is -2.11. The Hall–Kier alpha value is -0.990. The van der Waals surface area contributed by atoms with E-state index in [2.05, 4.69) is 15.5 Å². The van der Waals surface area contributed by atoms with Crippen molar-refractivity contribution in [2.24, 2.45) is 0 Å². The van der Waals surface area contributed by atoms with Gasteiger partial charge in [-0.1, -0.05) is 0 Å². The Bertz CT molecular complexity index is 160. The van der Waals surface area contributed by atoms with Crippen molar-refractivity contribution in [3.05, 3.63) is 11.9 Å². The molecule has 7 heavy (non-hydrogen) atoms. The minimum absolute atomic E-state index is 0.954. The zero-order valence-corrected chi connectivity index (χ0v) is 3.73. The zero-order chi connectivity index (χ0) is 4.69. The number of aromatic amines is 1. The molecule has 0 atom stereocenters. The normalized spacial score (nSPS) is 14.3. The molecule has 0 aromatic carbocycles. The van der Waals surface area contributed by atoms with Crippen molar-refractivity contribution in [1.82, 2.24) is 10.2 Å². The molecule has 0 unspecified atom stereocenters. The number of H-pyrrole nitrogens is 1. The fourth-order valence-electron chi connectivity index (χ4n) is 0.677. The second kappa shape index (κ2) is 0.804. The lowest BCUT2D eigenvalue weighted by atomic mass is 10.2. The summed E-state index contributed by atoms with van der Waals surface area (Å²) in [7, 11) is 0. The first kappa shape index (κ1) is 3.07. The van der Waals surface area contributed by atoms with E-state index in [4.69, 9.17) is 0 Å². The van der Waals surface area contributed by atoms with Gasteiger partial charge in [-0.3, -0.25) is 5.10 Å². The van der Waals surface area contributed by atoms with Gasteiger partial charge in [0.2, 0.25) is 0 Å². The summed E-state index contributed by atoms with van der Waals surface area (Å²) in [5, 5.41) is 9.71. The van der Waals surface area contributed by atoms with Crippen molar-refractivity contribution in [2.45, 2.75) is 6.54 Å². The molecular formula is C4H5N3. The van der Waals surface area contributed by atoms with Crippen molar-refractivity contribution in [3.8, 4) is 0 Å². The predicted octanol–water partition coefficient (Wildman–Crippen LogP) is 0.335. The summed E-state index contributed by atoms with van der Waals surface area (Å²) >= 11 is 0. The highest BCUT2D eigenvalue weighted by atomic mass is 15.2. The highest BCUT2D eigenvalue weighted by molar-refractivity contribution is 5.54. The van der Waals surface area contributed by atoms with E-state index in [1.165, 1.54) is 5.69 Å². The van der Waals surface area contributed by atoms with Gasteiger partial charge < -0.3 is 5.32 Å². The maximum atomic E-state index is 3.80. The van der Waals surface area contributed by atoms with Crippen LogP contribution in [-0.4, -0.2) is 10.2 Å². The fourth-order valence-corrected chi connectivity index (χ4v) is 0.677. The van der Waals surface area contributed by atoms with Crippen LogP contribution in [0.3, 0.4) is 0 Å². The molecule has 0 amide bonds. The predicted molar refractivity (Wildman–Crippen MR) is 25.9 cm³/mol. The molecule has 3 heteroatoms. The summed E-state index contributed by atoms with van der Waals surface area (Å²) in [6.45, 7) is 0.954. The first-order chi connectivity index (χ1) is 3.47. The third-order valence-corrected chi connectivity index (χ3v) is 1.17. The Morgan fingerprint density at radius 1 is 1.71 bits per heavy atom. The van der Waals surface area contributed by atoms with E-state index in [0.717, 1.165) is 12.2 Å². The van der Waals surface area contributed by atoms with Crippen molar-refractivity contribution >= 4 is 5.69 Å². The van der Waals surface area contributed by atoms with Gasteiger partial charge in [-0.2, -0.15) is 5.10 Å². The van der Waals surface area contributed by atoms with Gasteiger partial charge >= 0.3 is 0 Å². The third kappa shape index (κ3) is 0.231. The molecule has 1 aliphatic rings. The molecule has 1 aromatic rings. The molecule has 0 bridgehead atoms. The highest BCUT2D eigenvalue weighted by Gasteiger charge is 2.11. The first-order valence-corrected chi connectivity index (χ1v) is 2.23. The number of hydrogen-bond donors (Lipinski definition) is 2. The van der Waals surface area contributed by atoms with E-state index < -0.39 is 0 Å². The van der Waals surface area contributed by atoms with Crippen LogP contribution >= 0.6 is 0 Å². The van der Waals surface area contributed by atoms with Gasteiger partial charge in [0, 0.05) is 0 Å². The van der Waals surface area contributed by atoms with Crippen LogP contribution in [0.1, 0.15) is 5.69 Å². The molecule has 0 spiro atoms. The number of rotatable bonds is 0. The summed E-state index contributed by atoms with van der Waals surface area (Å²) in [6, 6.07) is 0. The van der Waals surface area contributed by atoms with Crippen LogP contribution in [0.25, 0.3) is 0 Å². The van der Waals surface area contributed by atoms with Crippen LogP contribution in [0.15, 0.2) is 6.20 Å². The van der Waals surface area contributed by atoms with E-state index in [-0.39, 0.29) is 0 Å². The summed E-state index contributed by atoms with van der Waals surface area (Å²) in [5.41, 5.74) is 2.38. The van der Waals surface area contributed by atoms with Crippen molar-refractivity contribution < 1.29 is 0 Å². The molecule has 3 nitrogen and oxygen atoms in total. The van der Waals surface area contributed by atoms with Crippen LogP contribution in [0.5, 0.6) is 0 Å². The van der Waals surface area contributed by atoms with Gasteiger partial charge in [0.1, 0.15) is 0 Å². The third-order valence-electron chi connectivity index (χ3n) is 1.17. The van der Waals surface area contributed by atoms with Crippen molar-refractivity contribution in [1.29, 1.82) is 0 Å².